The fourth-order valence-electron chi connectivity index (χ4n) is 3.12. The lowest BCUT2D eigenvalue weighted by Gasteiger charge is -2.10. The van der Waals surface area contributed by atoms with E-state index in [2.05, 4.69) is 56.5 Å². The van der Waals surface area contributed by atoms with Gasteiger partial charge in [-0.25, -0.2) is 14.8 Å². The first-order valence-corrected chi connectivity index (χ1v) is 10.7. The van der Waals surface area contributed by atoms with Gasteiger partial charge in [0.05, 0.1) is 22.6 Å². The van der Waals surface area contributed by atoms with Gasteiger partial charge in [0.15, 0.2) is 10.8 Å². The van der Waals surface area contributed by atoms with E-state index in [4.69, 9.17) is 4.98 Å². The summed E-state index contributed by atoms with van der Waals surface area (Å²) < 4.78 is 1.78. The summed E-state index contributed by atoms with van der Waals surface area (Å²) in [5, 5.41) is 15.3. The summed E-state index contributed by atoms with van der Waals surface area (Å²) in [5.41, 5.74) is 2.21. The van der Waals surface area contributed by atoms with Crippen molar-refractivity contribution < 1.29 is 0 Å². The van der Waals surface area contributed by atoms with Crippen molar-refractivity contribution in [2.45, 2.75) is 38.6 Å². The quantitative estimate of drug-likeness (QED) is 0.377. The zero-order valence-corrected chi connectivity index (χ0v) is 17.5. The number of thiazole rings is 1. The van der Waals surface area contributed by atoms with Gasteiger partial charge in [0.1, 0.15) is 11.6 Å². The number of H-pyrrole nitrogens is 2. The molecule has 0 unspecified atom stereocenters. The molecule has 30 heavy (non-hydrogen) atoms. The zero-order chi connectivity index (χ0) is 20.8. The van der Waals surface area contributed by atoms with E-state index < -0.39 is 0 Å². The summed E-state index contributed by atoms with van der Waals surface area (Å²) in [6.07, 6.45) is 5.84. The summed E-state index contributed by atoms with van der Waals surface area (Å²) in [4.78, 5) is 26.3. The maximum absolute atomic E-state index is 11.6. The fourth-order valence-corrected chi connectivity index (χ4v) is 3.99. The predicted molar refractivity (Wildman–Crippen MR) is 119 cm³/mol. The Balaban J connectivity index is 1.60. The second-order valence-corrected chi connectivity index (χ2v) is 8.61. The summed E-state index contributed by atoms with van der Waals surface area (Å²) in [6, 6.07) is 2.41. The number of nitrogens with zero attached hydrogens (tertiary/aromatic N) is 4. The monoisotopic (exact) mass is 422 g/mol. The first-order chi connectivity index (χ1) is 14.5. The molecule has 0 spiro atoms. The Morgan fingerprint density at radius 2 is 2.17 bits per heavy atom. The third kappa shape index (κ3) is 3.61. The van der Waals surface area contributed by atoms with Crippen molar-refractivity contribution in [1.82, 2.24) is 29.5 Å². The van der Waals surface area contributed by atoms with Crippen LogP contribution in [-0.4, -0.2) is 35.6 Å². The number of hydrogen-bond acceptors (Lipinski definition) is 7. The SMILES string of the molecule is C=c1[nH]c(=O)[nH]/c1=C\c1cnn2c(NC3CC3)cc(Nc3nc(C(C)C)cs3)nc12. The first kappa shape index (κ1) is 18.6. The van der Waals surface area contributed by atoms with Crippen LogP contribution in [0.4, 0.5) is 16.8 Å². The Kier molecular flexibility index (Phi) is 4.43. The highest BCUT2D eigenvalue weighted by Crippen LogP contribution is 2.29. The van der Waals surface area contributed by atoms with Crippen LogP contribution >= 0.6 is 11.3 Å². The van der Waals surface area contributed by atoms with Gasteiger partial charge in [0, 0.05) is 23.1 Å². The molecule has 0 saturated heterocycles. The second kappa shape index (κ2) is 7.13. The molecule has 1 aliphatic carbocycles. The van der Waals surface area contributed by atoms with Crippen LogP contribution in [0.1, 0.15) is 43.9 Å². The molecule has 0 radical (unpaired) electrons. The third-order valence-corrected chi connectivity index (χ3v) is 5.69. The van der Waals surface area contributed by atoms with Gasteiger partial charge in [-0.2, -0.15) is 9.61 Å². The molecule has 1 fully saturated rings. The number of imidazole rings is 1. The number of nitrogens with one attached hydrogen (secondary N) is 4. The number of aromatic nitrogens is 6. The van der Waals surface area contributed by atoms with E-state index in [1.807, 2.05) is 12.1 Å². The molecule has 0 amide bonds. The maximum atomic E-state index is 11.6. The van der Waals surface area contributed by atoms with Crippen molar-refractivity contribution in [3.05, 3.63) is 50.1 Å². The minimum absolute atomic E-state index is 0.293. The van der Waals surface area contributed by atoms with Crippen LogP contribution in [0.2, 0.25) is 0 Å². The molecule has 1 saturated carbocycles. The van der Waals surface area contributed by atoms with E-state index in [0.717, 1.165) is 35.0 Å². The molecule has 0 atom stereocenters. The molecule has 9 nitrogen and oxygen atoms in total. The van der Waals surface area contributed by atoms with E-state index in [0.29, 0.717) is 34.1 Å². The largest absolute Gasteiger partial charge is 0.367 e. The van der Waals surface area contributed by atoms with Gasteiger partial charge in [0.25, 0.3) is 0 Å². The number of rotatable bonds is 6. The number of aromatic amines is 2. The Hall–Kier alpha value is -3.40. The molecule has 4 heterocycles. The van der Waals surface area contributed by atoms with Crippen LogP contribution < -0.4 is 27.0 Å². The molecule has 5 rings (SSSR count). The van der Waals surface area contributed by atoms with E-state index in [1.165, 1.54) is 0 Å². The van der Waals surface area contributed by atoms with Crippen LogP contribution in [0.25, 0.3) is 18.3 Å². The lowest BCUT2D eigenvalue weighted by atomic mass is 10.2. The first-order valence-electron chi connectivity index (χ1n) is 9.83. The molecule has 10 heteroatoms. The molecule has 0 bridgehead atoms. The highest BCUT2D eigenvalue weighted by Gasteiger charge is 2.23. The zero-order valence-electron chi connectivity index (χ0n) is 16.7. The smallest absolute Gasteiger partial charge is 0.323 e. The predicted octanol–water partition coefficient (Wildman–Crippen LogP) is 1.88. The summed E-state index contributed by atoms with van der Waals surface area (Å²) in [5.74, 6) is 1.92. The van der Waals surface area contributed by atoms with E-state index >= 15 is 0 Å². The number of fused-ring (bicyclic) bond motifs is 1. The number of anilines is 3. The van der Waals surface area contributed by atoms with Crippen LogP contribution in [-0.2, 0) is 0 Å². The van der Waals surface area contributed by atoms with E-state index in [1.54, 1.807) is 22.0 Å². The van der Waals surface area contributed by atoms with Crippen molar-refractivity contribution in [3.8, 4) is 0 Å². The minimum atomic E-state index is -0.293. The molecular formula is C20H22N8OS. The average molecular weight is 423 g/mol. The fraction of sp³-hybridized carbons (Fsp3) is 0.300. The summed E-state index contributed by atoms with van der Waals surface area (Å²) in [6.45, 7) is 8.10. The van der Waals surface area contributed by atoms with E-state index in [-0.39, 0.29) is 5.69 Å². The molecule has 1 aliphatic rings. The van der Waals surface area contributed by atoms with Crippen LogP contribution in [0.5, 0.6) is 0 Å². The van der Waals surface area contributed by atoms with Gasteiger partial charge >= 0.3 is 5.69 Å². The molecule has 0 aliphatic heterocycles. The Labute approximate surface area is 175 Å². The van der Waals surface area contributed by atoms with Crippen molar-refractivity contribution in [1.29, 1.82) is 0 Å². The van der Waals surface area contributed by atoms with Crippen LogP contribution in [0.15, 0.2) is 22.4 Å². The summed E-state index contributed by atoms with van der Waals surface area (Å²) >= 11 is 1.56. The summed E-state index contributed by atoms with van der Waals surface area (Å²) in [7, 11) is 0. The van der Waals surface area contributed by atoms with Gasteiger partial charge in [-0.05, 0) is 24.8 Å². The van der Waals surface area contributed by atoms with Crippen molar-refractivity contribution in [3.63, 3.8) is 0 Å². The van der Waals surface area contributed by atoms with Crippen molar-refractivity contribution >= 4 is 46.4 Å². The normalized spacial score (nSPS) is 14.7. The van der Waals surface area contributed by atoms with Gasteiger partial charge in [-0.1, -0.05) is 20.4 Å². The molecular weight excluding hydrogens is 400 g/mol. The molecule has 4 N–H and O–H groups in total. The maximum Gasteiger partial charge on any atom is 0.323 e. The molecule has 154 valence electrons. The standard InChI is InChI=1S/C20H22N8OS/c1-10(2)15-9-30-20(25-15)27-16-7-17(23-13-4-5-13)28-18(26-16)12(8-21-28)6-14-11(3)22-19(29)24-14/h6-10,13,23H,3-5H2,1-2H3,(H2,22,24,29)(H,25,26,27)/b14-6-. The van der Waals surface area contributed by atoms with E-state index in [9.17, 15) is 4.79 Å². The number of hydrogen-bond donors (Lipinski definition) is 4. The van der Waals surface area contributed by atoms with Crippen LogP contribution in [0, 0.1) is 0 Å². The van der Waals surface area contributed by atoms with Crippen molar-refractivity contribution in [2.75, 3.05) is 10.6 Å². The van der Waals surface area contributed by atoms with Crippen LogP contribution in [0.3, 0.4) is 0 Å². The van der Waals surface area contributed by atoms with Gasteiger partial charge in [-0.15, -0.1) is 11.3 Å². The van der Waals surface area contributed by atoms with Gasteiger partial charge < -0.3 is 20.6 Å². The Bertz CT molecular complexity index is 1390. The topological polar surface area (TPSA) is 116 Å². The third-order valence-electron chi connectivity index (χ3n) is 4.91. The molecule has 4 aromatic heterocycles. The highest BCUT2D eigenvalue weighted by molar-refractivity contribution is 7.13. The lowest BCUT2D eigenvalue weighted by Crippen LogP contribution is -2.22. The van der Waals surface area contributed by atoms with Gasteiger partial charge in [-0.3, -0.25) is 0 Å². The van der Waals surface area contributed by atoms with Crippen molar-refractivity contribution in [2.24, 2.45) is 0 Å². The molecule has 0 aromatic carbocycles. The lowest BCUT2D eigenvalue weighted by molar-refractivity contribution is 0.834. The highest BCUT2D eigenvalue weighted by atomic mass is 32.1. The Morgan fingerprint density at radius 1 is 1.33 bits per heavy atom. The van der Waals surface area contributed by atoms with Gasteiger partial charge in [0.2, 0.25) is 0 Å². The average Bonchev–Trinajstić information content (AvgIpc) is 3.08. The molecule has 4 aromatic rings. The minimum Gasteiger partial charge on any atom is -0.367 e. The Morgan fingerprint density at radius 3 is 2.83 bits per heavy atom. The second-order valence-electron chi connectivity index (χ2n) is 7.75.